The van der Waals surface area contributed by atoms with Crippen LogP contribution in [0.5, 0.6) is 0 Å². The lowest BCUT2D eigenvalue weighted by Gasteiger charge is -2.09. The average Bonchev–Trinajstić information content (AvgIpc) is 2.33. The number of likely N-dealkylation sites (tertiary alicyclic amines) is 1. The Kier molecular flexibility index (Phi) is 3.09. The number of carbonyl (C=O) groups excluding carboxylic acids is 1. The second-order valence-corrected chi connectivity index (χ2v) is 2.96. The van der Waals surface area contributed by atoms with E-state index in [0.717, 1.165) is 0 Å². The standard InChI is InChI=1S/C7H8BrNO3/c8-2-1-7(12)9-3-5(10)6(11)4-9/h5-6,10-11H,3-4H2. The van der Waals surface area contributed by atoms with Gasteiger partial charge in [-0.2, -0.15) is 0 Å². The van der Waals surface area contributed by atoms with Gasteiger partial charge in [0.25, 0.3) is 5.91 Å². The summed E-state index contributed by atoms with van der Waals surface area (Å²) in [7, 11) is 0. The van der Waals surface area contributed by atoms with Crippen LogP contribution in [0.25, 0.3) is 0 Å². The van der Waals surface area contributed by atoms with Gasteiger partial charge in [-0.05, 0) is 4.83 Å². The number of halogens is 1. The normalized spacial score (nSPS) is 28.1. The van der Waals surface area contributed by atoms with Gasteiger partial charge < -0.3 is 15.1 Å². The Labute approximate surface area is 78.3 Å². The minimum absolute atomic E-state index is 0.154. The van der Waals surface area contributed by atoms with Crippen LogP contribution in [0.3, 0.4) is 0 Å². The molecule has 0 aliphatic carbocycles. The molecule has 0 aromatic rings. The van der Waals surface area contributed by atoms with Gasteiger partial charge >= 0.3 is 0 Å². The van der Waals surface area contributed by atoms with E-state index in [-0.39, 0.29) is 19.0 Å². The number of rotatable bonds is 0. The van der Waals surface area contributed by atoms with Crippen LogP contribution in [-0.4, -0.2) is 46.3 Å². The Morgan fingerprint density at radius 2 is 1.92 bits per heavy atom. The molecule has 12 heavy (non-hydrogen) atoms. The maximum Gasteiger partial charge on any atom is 0.299 e. The van der Waals surface area contributed by atoms with Gasteiger partial charge in [-0.25, -0.2) is 0 Å². The molecule has 66 valence electrons. The van der Waals surface area contributed by atoms with Crippen molar-refractivity contribution >= 4 is 21.8 Å². The molecule has 1 amide bonds. The smallest absolute Gasteiger partial charge is 0.299 e. The van der Waals surface area contributed by atoms with Crippen molar-refractivity contribution in [3.05, 3.63) is 0 Å². The van der Waals surface area contributed by atoms with Crippen LogP contribution in [0.4, 0.5) is 0 Å². The lowest BCUT2D eigenvalue weighted by atomic mass is 10.3. The number of β-amino-alcohol motifs (C(OH)–C–C–N with tert-alkyl or cyclic N) is 2. The van der Waals surface area contributed by atoms with Crippen LogP contribution in [0, 0.1) is 10.8 Å². The molecule has 1 fully saturated rings. The van der Waals surface area contributed by atoms with Crippen molar-refractivity contribution in [2.45, 2.75) is 12.2 Å². The van der Waals surface area contributed by atoms with Crippen molar-refractivity contribution in [3.63, 3.8) is 0 Å². The maximum atomic E-state index is 11.0. The van der Waals surface area contributed by atoms with Crippen LogP contribution in [-0.2, 0) is 4.79 Å². The molecule has 0 bridgehead atoms. The fraction of sp³-hybridized carbons (Fsp3) is 0.571. The topological polar surface area (TPSA) is 60.8 Å². The summed E-state index contributed by atoms with van der Waals surface area (Å²) in [6.45, 7) is 0.309. The highest BCUT2D eigenvalue weighted by Gasteiger charge is 2.31. The van der Waals surface area contributed by atoms with Crippen molar-refractivity contribution in [2.75, 3.05) is 13.1 Å². The molecule has 0 aromatic heterocycles. The Morgan fingerprint density at radius 1 is 1.42 bits per heavy atom. The Balaban J connectivity index is 2.55. The number of hydrogen-bond acceptors (Lipinski definition) is 3. The third-order valence-corrected chi connectivity index (χ3v) is 1.90. The predicted molar refractivity (Wildman–Crippen MR) is 45.3 cm³/mol. The third kappa shape index (κ3) is 1.97. The SMILES string of the molecule is O=C(C#CBr)N1CC(O)C(O)C1. The average molecular weight is 234 g/mol. The summed E-state index contributed by atoms with van der Waals surface area (Å²) in [5, 5.41) is 18.2. The van der Waals surface area contributed by atoms with Gasteiger partial charge in [-0.15, -0.1) is 0 Å². The minimum Gasteiger partial charge on any atom is -0.388 e. The molecular formula is C7H8BrNO3. The van der Waals surface area contributed by atoms with Crippen molar-refractivity contribution < 1.29 is 15.0 Å². The fourth-order valence-electron chi connectivity index (χ4n) is 1.05. The highest BCUT2D eigenvalue weighted by Crippen LogP contribution is 2.09. The molecule has 1 aliphatic heterocycles. The van der Waals surface area contributed by atoms with E-state index in [1.807, 2.05) is 0 Å². The molecule has 2 atom stereocenters. The molecule has 2 unspecified atom stereocenters. The van der Waals surface area contributed by atoms with E-state index in [1.54, 1.807) is 0 Å². The van der Waals surface area contributed by atoms with Gasteiger partial charge in [-0.3, -0.25) is 4.79 Å². The molecule has 0 radical (unpaired) electrons. The molecule has 0 aromatic carbocycles. The van der Waals surface area contributed by atoms with E-state index < -0.39 is 12.2 Å². The van der Waals surface area contributed by atoms with Gasteiger partial charge in [0.05, 0.1) is 25.3 Å². The first-order valence-electron chi connectivity index (χ1n) is 3.42. The summed E-state index contributed by atoms with van der Waals surface area (Å²) in [5.74, 6) is 1.87. The zero-order valence-electron chi connectivity index (χ0n) is 6.20. The molecule has 5 heteroatoms. The van der Waals surface area contributed by atoms with E-state index in [9.17, 15) is 4.79 Å². The predicted octanol–water partition coefficient (Wildman–Crippen LogP) is -1.09. The van der Waals surface area contributed by atoms with Crippen molar-refractivity contribution in [1.82, 2.24) is 4.90 Å². The number of aliphatic hydroxyl groups excluding tert-OH is 2. The van der Waals surface area contributed by atoms with Crippen LogP contribution >= 0.6 is 15.9 Å². The first-order valence-corrected chi connectivity index (χ1v) is 4.21. The van der Waals surface area contributed by atoms with Gasteiger partial charge in [-0.1, -0.05) is 0 Å². The van der Waals surface area contributed by atoms with E-state index in [0.29, 0.717) is 0 Å². The summed E-state index contributed by atoms with van der Waals surface area (Å²) in [6, 6.07) is 0. The first-order chi connectivity index (χ1) is 5.65. The summed E-state index contributed by atoms with van der Waals surface area (Å²) >= 11 is 2.79. The highest BCUT2D eigenvalue weighted by atomic mass is 79.9. The number of carbonyl (C=O) groups is 1. The van der Waals surface area contributed by atoms with E-state index >= 15 is 0 Å². The van der Waals surface area contributed by atoms with Crippen LogP contribution < -0.4 is 0 Å². The van der Waals surface area contributed by atoms with E-state index in [4.69, 9.17) is 10.2 Å². The summed E-state index contributed by atoms with van der Waals surface area (Å²) < 4.78 is 0. The van der Waals surface area contributed by atoms with Crippen molar-refractivity contribution in [2.24, 2.45) is 0 Å². The highest BCUT2D eigenvalue weighted by molar-refractivity contribution is 9.12. The van der Waals surface area contributed by atoms with Crippen molar-refractivity contribution in [3.8, 4) is 10.8 Å². The van der Waals surface area contributed by atoms with E-state index in [2.05, 4.69) is 26.7 Å². The molecule has 4 nitrogen and oxygen atoms in total. The zero-order valence-corrected chi connectivity index (χ0v) is 7.78. The monoisotopic (exact) mass is 233 g/mol. The Hall–Kier alpha value is -0.570. The van der Waals surface area contributed by atoms with Gasteiger partial charge in [0.15, 0.2) is 0 Å². The number of nitrogens with zero attached hydrogens (tertiary/aromatic N) is 1. The Morgan fingerprint density at radius 3 is 2.33 bits per heavy atom. The molecular weight excluding hydrogens is 226 g/mol. The number of hydrogen-bond donors (Lipinski definition) is 2. The fourth-order valence-corrected chi connectivity index (χ4v) is 1.22. The lowest BCUT2D eigenvalue weighted by molar-refractivity contribution is -0.124. The largest absolute Gasteiger partial charge is 0.388 e. The molecule has 2 N–H and O–H groups in total. The molecule has 1 saturated heterocycles. The van der Waals surface area contributed by atoms with Gasteiger partial charge in [0.2, 0.25) is 0 Å². The Bertz CT molecular complexity index is 235. The molecule has 1 aliphatic rings. The van der Waals surface area contributed by atoms with Crippen molar-refractivity contribution in [1.29, 1.82) is 0 Å². The lowest BCUT2D eigenvalue weighted by Crippen LogP contribution is -2.28. The van der Waals surface area contributed by atoms with Crippen LogP contribution in [0.15, 0.2) is 0 Å². The van der Waals surface area contributed by atoms with Crippen LogP contribution in [0.2, 0.25) is 0 Å². The summed E-state index contributed by atoms with van der Waals surface area (Å²) in [5.41, 5.74) is 0. The quantitative estimate of drug-likeness (QED) is 0.523. The third-order valence-electron chi connectivity index (χ3n) is 1.70. The first kappa shape index (κ1) is 9.52. The molecule has 1 heterocycles. The maximum absolute atomic E-state index is 11.0. The zero-order chi connectivity index (χ0) is 9.14. The summed E-state index contributed by atoms with van der Waals surface area (Å²) in [6.07, 6.45) is -1.68. The second-order valence-electron chi connectivity index (χ2n) is 2.56. The second kappa shape index (κ2) is 3.90. The van der Waals surface area contributed by atoms with Gasteiger partial charge in [0, 0.05) is 21.9 Å². The minimum atomic E-state index is -0.842. The van der Waals surface area contributed by atoms with Crippen LogP contribution in [0.1, 0.15) is 0 Å². The van der Waals surface area contributed by atoms with Gasteiger partial charge in [0.1, 0.15) is 0 Å². The summed E-state index contributed by atoms with van der Waals surface area (Å²) in [4.78, 5) is 14.6. The number of amides is 1. The number of aliphatic hydroxyl groups is 2. The van der Waals surface area contributed by atoms with E-state index in [1.165, 1.54) is 4.90 Å². The molecule has 0 spiro atoms. The molecule has 1 rings (SSSR count). The molecule has 0 saturated carbocycles.